The standard InChI is InChI=1S/C18H17ClF3NO4S/c1-26-15-7-11-5-6-23(10-12(11)8-16(15)27-2)28(24,25)17-9-13(18(20,21)22)3-4-14(17)19/h3-4,7-9H,5-6,10H2,1-2H3. The van der Waals surface area contributed by atoms with Crippen molar-refractivity contribution in [3.8, 4) is 11.5 Å². The number of fused-ring (bicyclic) bond motifs is 1. The molecule has 0 saturated carbocycles. The second-order valence-corrected chi connectivity index (χ2v) is 8.52. The van der Waals surface area contributed by atoms with E-state index in [0.717, 1.165) is 22.0 Å². The molecule has 0 spiro atoms. The lowest BCUT2D eigenvalue weighted by molar-refractivity contribution is -0.137. The first kappa shape index (κ1) is 20.8. The maximum atomic E-state index is 13.0. The molecule has 3 rings (SSSR count). The van der Waals surface area contributed by atoms with Gasteiger partial charge in [0.2, 0.25) is 10.0 Å². The van der Waals surface area contributed by atoms with E-state index in [-0.39, 0.29) is 18.1 Å². The van der Waals surface area contributed by atoms with E-state index in [9.17, 15) is 21.6 Å². The summed E-state index contributed by atoms with van der Waals surface area (Å²) in [5.74, 6) is 0.969. The molecule has 0 atom stereocenters. The lowest BCUT2D eigenvalue weighted by atomic mass is 10.0. The topological polar surface area (TPSA) is 55.8 Å². The van der Waals surface area contributed by atoms with E-state index in [2.05, 4.69) is 0 Å². The molecule has 0 bridgehead atoms. The van der Waals surface area contributed by atoms with E-state index < -0.39 is 26.7 Å². The van der Waals surface area contributed by atoms with Crippen LogP contribution in [0.2, 0.25) is 5.02 Å². The Morgan fingerprint density at radius 3 is 2.21 bits per heavy atom. The molecule has 0 aliphatic carbocycles. The van der Waals surface area contributed by atoms with Gasteiger partial charge in [-0.15, -0.1) is 0 Å². The predicted octanol–water partition coefficient (Wildman–Crippen LogP) is 4.12. The van der Waals surface area contributed by atoms with Crippen molar-refractivity contribution in [2.75, 3.05) is 20.8 Å². The molecule has 0 fully saturated rings. The van der Waals surface area contributed by atoms with Gasteiger partial charge >= 0.3 is 6.18 Å². The molecular formula is C18H17ClF3NO4S. The van der Waals surface area contributed by atoms with Crippen LogP contribution in [0.1, 0.15) is 16.7 Å². The van der Waals surface area contributed by atoms with E-state index >= 15 is 0 Å². The number of sulfonamides is 1. The van der Waals surface area contributed by atoms with Gasteiger partial charge in [0.25, 0.3) is 0 Å². The molecular weight excluding hydrogens is 419 g/mol. The van der Waals surface area contributed by atoms with E-state index in [0.29, 0.717) is 29.5 Å². The van der Waals surface area contributed by atoms with Crippen LogP contribution < -0.4 is 9.47 Å². The molecule has 2 aromatic rings. The van der Waals surface area contributed by atoms with Crippen molar-refractivity contribution in [3.63, 3.8) is 0 Å². The Morgan fingerprint density at radius 1 is 1.04 bits per heavy atom. The van der Waals surface area contributed by atoms with Crippen molar-refractivity contribution in [2.24, 2.45) is 0 Å². The fourth-order valence-corrected chi connectivity index (χ4v) is 5.00. The normalized spacial score (nSPS) is 15.2. The molecule has 2 aromatic carbocycles. The summed E-state index contributed by atoms with van der Waals surface area (Å²) in [5, 5.41) is -0.258. The molecule has 152 valence electrons. The van der Waals surface area contributed by atoms with Crippen LogP contribution in [0, 0.1) is 0 Å². The van der Waals surface area contributed by atoms with Gasteiger partial charge < -0.3 is 9.47 Å². The zero-order valence-electron chi connectivity index (χ0n) is 15.0. The van der Waals surface area contributed by atoms with Crippen LogP contribution >= 0.6 is 11.6 Å². The third-order valence-corrected chi connectivity index (χ3v) is 6.89. The Labute approximate surface area is 165 Å². The molecule has 0 amide bonds. The lowest BCUT2D eigenvalue weighted by Crippen LogP contribution is -2.36. The summed E-state index contributed by atoms with van der Waals surface area (Å²) in [6.07, 6.45) is -4.29. The van der Waals surface area contributed by atoms with E-state index in [1.807, 2.05) is 0 Å². The Kier molecular flexibility index (Phi) is 5.53. The van der Waals surface area contributed by atoms with Crippen LogP contribution in [0.5, 0.6) is 11.5 Å². The SMILES string of the molecule is COc1cc2c(cc1OC)CN(S(=O)(=O)c1cc(C(F)(F)F)ccc1Cl)CC2. The first-order valence-corrected chi connectivity index (χ1v) is 10.0. The quantitative estimate of drug-likeness (QED) is 0.724. The fourth-order valence-electron chi connectivity index (χ4n) is 3.08. The summed E-state index contributed by atoms with van der Waals surface area (Å²) in [7, 11) is -1.26. The smallest absolute Gasteiger partial charge is 0.416 e. The number of ether oxygens (including phenoxy) is 2. The van der Waals surface area contributed by atoms with Crippen LogP contribution in [-0.2, 0) is 29.2 Å². The van der Waals surface area contributed by atoms with Gasteiger partial charge in [-0.25, -0.2) is 8.42 Å². The Hall–Kier alpha value is -1.97. The van der Waals surface area contributed by atoms with Gasteiger partial charge in [0.1, 0.15) is 4.90 Å². The minimum absolute atomic E-state index is 0.00933. The number of rotatable bonds is 4. The molecule has 1 heterocycles. The molecule has 0 saturated heterocycles. The van der Waals surface area contributed by atoms with E-state index in [1.165, 1.54) is 14.2 Å². The van der Waals surface area contributed by atoms with Crippen LogP contribution in [0.15, 0.2) is 35.2 Å². The van der Waals surface area contributed by atoms with Crippen molar-refractivity contribution in [2.45, 2.75) is 24.0 Å². The minimum atomic E-state index is -4.67. The van der Waals surface area contributed by atoms with Crippen molar-refractivity contribution >= 4 is 21.6 Å². The average Bonchev–Trinajstić information content (AvgIpc) is 2.65. The molecule has 5 nitrogen and oxygen atoms in total. The van der Waals surface area contributed by atoms with Gasteiger partial charge in [0.15, 0.2) is 11.5 Å². The number of alkyl halides is 3. The lowest BCUT2D eigenvalue weighted by Gasteiger charge is -2.29. The third-order valence-electron chi connectivity index (χ3n) is 4.56. The molecule has 10 heteroatoms. The van der Waals surface area contributed by atoms with Gasteiger partial charge in [0.05, 0.1) is 24.8 Å². The van der Waals surface area contributed by atoms with Crippen LogP contribution in [0.4, 0.5) is 13.2 Å². The maximum Gasteiger partial charge on any atom is 0.416 e. The van der Waals surface area contributed by atoms with Crippen molar-refractivity contribution < 1.29 is 31.1 Å². The molecule has 1 aliphatic rings. The fraction of sp³-hybridized carbons (Fsp3) is 0.333. The Bertz CT molecular complexity index is 1010. The van der Waals surface area contributed by atoms with Crippen LogP contribution in [0.3, 0.4) is 0 Å². The van der Waals surface area contributed by atoms with Gasteiger partial charge in [0, 0.05) is 13.1 Å². The first-order valence-electron chi connectivity index (χ1n) is 8.18. The van der Waals surface area contributed by atoms with E-state index in [4.69, 9.17) is 21.1 Å². The highest BCUT2D eigenvalue weighted by Gasteiger charge is 2.35. The maximum absolute atomic E-state index is 13.0. The van der Waals surface area contributed by atoms with E-state index in [1.54, 1.807) is 12.1 Å². The van der Waals surface area contributed by atoms with Gasteiger partial charge in [-0.3, -0.25) is 0 Å². The summed E-state index contributed by atoms with van der Waals surface area (Å²) in [6, 6.07) is 5.72. The highest BCUT2D eigenvalue weighted by molar-refractivity contribution is 7.89. The average molecular weight is 436 g/mol. The zero-order chi connectivity index (χ0) is 20.7. The second-order valence-electron chi connectivity index (χ2n) is 6.21. The summed E-state index contributed by atoms with van der Waals surface area (Å²) in [4.78, 5) is -0.562. The number of hydrogen-bond donors (Lipinski definition) is 0. The summed E-state index contributed by atoms with van der Waals surface area (Å²) in [6.45, 7) is 0.0992. The Morgan fingerprint density at radius 2 is 1.64 bits per heavy atom. The molecule has 0 aromatic heterocycles. The molecule has 0 radical (unpaired) electrons. The van der Waals surface area contributed by atoms with Crippen molar-refractivity contribution in [1.82, 2.24) is 4.31 Å². The number of nitrogens with zero attached hydrogens (tertiary/aromatic N) is 1. The highest BCUT2D eigenvalue weighted by Crippen LogP contribution is 2.37. The van der Waals surface area contributed by atoms with Gasteiger partial charge in [-0.1, -0.05) is 11.6 Å². The summed E-state index contributed by atoms with van der Waals surface area (Å²) >= 11 is 5.93. The zero-order valence-corrected chi connectivity index (χ0v) is 16.6. The molecule has 1 aliphatic heterocycles. The van der Waals surface area contributed by atoms with Crippen LogP contribution in [0.25, 0.3) is 0 Å². The molecule has 28 heavy (non-hydrogen) atoms. The predicted molar refractivity (Wildman–Crippen MR) is 97.3 cm³/mol. The number of benzene rings is 2. The Balaban J connectivity index is 1.99. The van der Waals surface area contributed by atoms with Gasteiger partial charge in [-0.05, 0) is 47.9 Å². The highest BCUT2D eigenvalue weighted by atomic mass is 35.5. The summed E-state index contributed by atoms with van der Waals surface area (Å²) < 4.78 is 76.6. The monoisotopic (exact) mass is 435 g/mol. The number of hydrogen-bond acceptors (Lipinski definition) is 4. The van der Waals surface area contributed by atoms with Crippen LogP contribution in [-0.4, -0.2) is 33.5 Å². The van der Waals surface area contributed by atoms with Gasteiger partial charge in [-0.2, -0.15) is 17.5 Å². The largest absolute Gasteiger partial charge is 0.493 e. The minimum Gasteiger partial charge on any atom is -0.493 e. The first-order chi connectivity index (χ1) is 13.1. The van der Waals surface area contributed by atoms with Crippen molar-refractivity contribution in [3.05, 3.63) is 52.0 Å². The third kappa shape index (κ3) is 3.78. The second kappa shape index (κ2) is 7.46. The number of methoxy groups -OCH3 is 2. The molecule has 0 unspecified atom stereocenters. The van der Waals surface area contributed by atoms with Crippen molar-refractivity contribution in [1.29, 1.82) is 0 Å². The number of halogens is 4. The summed E-state index contributed by atoms with van der Waals surface area (Å²) in [5.41, 5.74) is 0.508. The molecule has 0 N–H and O–H groups in total.